The van der Waals surface area contributed by atoms with Gasteiger partial charge in [-0.1, -0.05) is 35.4 Å². The summed E-state index contributed by atoms with van der Waals surface area (Å²) in [6.45, 7) is 0.738. The summed E-state index contributed by atoms with van der Waals surface area (Å²) in [4.78, 5) is 57.9. The largest absolute Gasteiger partial charge is 0.369 e. The fourth-order valence-electron chi connectivity index (χ4n) is 7.60. The van der Waals surface area contributed by atoms with Crippen LogP contribution < -0.4 is 16.8 Å². The molecule has 11 heteroatoms. The van der Waals surface area contributed by atoms with Crippen LogP contribution in [0.3, 0.4) is 0 Å². The zero-order chi connectivity index (χ0) is 26.2. The number of primary amides is 2. The molecule has 0 spiro atoms. The number of allylic oxidation sites excluding steroid dienone is 2. The van der Waals surface area contributed by atoms with Crippen molar-refractivity contribution in [3.63, 3.8) is 0 Å². The van der Waals surface area contributed by atoms with Gasteiger partial charge in [-0.3, -0.25) is 19.2 Å². The molecule has 2 aliphatic heterocycles. The zero-order valence-corrected chi connectivity index (χ0v) is 21.4. The molecular weight excluding hydrogens is 517 g/mol. The molecule has 9 nitrogen and oxygen atoms in total. The molecule has 2 aliphatic carbocycles. The van der Waals surface area contributed by atoms with Crippen LogP contribution in [0, 0.1) is 35.5 Å². The fourth-order valence-corrected chi connectivity index (χ4v) is 8.14. The number of carbonyl (C=O) groups excluding carboxylic acids is 4. The van der Waals surface area contributed by atoms with E-state index in [-0.39, 0.29) is 48.2 Å². The summed E-state index contributed by atoms with van der Waals surface area (Å²) in [6, 6.07) is 4.86. The highest BCUT2D eigenvalue weighted by Gasteiger charge is 2.70. The Kier molecular flexibility index (Phi) is 5.58. The smallest absolute Gasteiger partial charge is 0.271 e. The second-order valence-electron chi connectivity index (χ2n) is 10.7. The molecule has 2 bridgehead atoms. The van der Waals surface area contributed by atoms with Crippen LogP contribution in [-0.2, 0) is 14.4 Å². The summed E-state index contributed by atoms with van der Waals surface area (Å²) >= 11 is 12.5. The normalized spacial score (nSPS) is 32.6. The predicted molar refractivity (Wildman–Crippen MR) is 137 cm³/mol. The van der Waals surface area contributed by atoms with E-state index in [1.807, 2.05) is 0 Å². The molecule has 0 radical (unpaired) electrons. The van der Waals surface area contributed by atoms with Gasteiger partial charge in [0, 0.05) is 40.9 Å². The summed E-state index contributed by atoms with van der Waals surface area (Å²) in [5, 5.41) is 4.17. The molecule has 2 aromatic rings. The zero-order valence-electron chi connectivity index (χ0n) is 19.9. The molecule has 4 amide bonds. The minimum atomic E-state index is -1.67. The number of hydrogen-bond acceptors (Lipinski definition) is 4. The number of likely N-dealkylation sites (tertiary alicyclic amines) is 1. The van der Waals surface area contributed by atoms with Gasteiger partial charge in [0.1, 0.15) is 11.2 Å². The van der Waals surface area contributed by atoms with E-state index in [1.165, 1.54) is 4.90 Å². The highest BCUT2D eigenvalue weighted by Crippen LogP contribution is 2.60. The number of halogens is 2. The second kappa shape index (κ2) is 8.49. The van der Waals surface area contributed by atoms with Gasteiger partial charge in [-0.15, -0.1) is 0 Å². The molecule has 4 aliphatic rings. The first-order chi connectivity index (χ1) is 17.6. The van der Waals surface area contributed by atoms with Crippen LogP contribution in [0.15, 0.2) is 30.4 Å². The number of nitrogens with two attached hydrogens (primary N) is 2. The molecule has 6 rings (SSSR count). The van der Waals surface area contributed by atoms with E-state index in [2.05, 4.69) is 22.5 Å². The Bertz CT molecular complexity index is 1390. The summed E-state index contributed by atoms with van der Waals surface area (Å²) < 4.78 is 0. The van der Waals surface area contributed by atoms with E-state index < -0.39 is 35.1 Å². The van der Waals surface area contributed by atoms with E-state index in [0.29, 0.717) is 33.9 Å². The first-order valence-electron chi connectivity index (χ1n) is 12.5. The Morgan fingerprint density at radius 2 is 1.89 bits per heavy atom. The minimum absolute atomic E-state index is 0.0180. The summed E-state index contributed by atoms with van der Waals surface area (Å²) in [5.41, 5.74) is 11.3. The van der Waals surface area contributed by atoms with Crippen LogP contribution in [0.4, 0.5) is 0 Å². The summed E-state index contributed by atoms with van der Waals surface area (Å²) in [6.07, 6.45) is 5.59. The maximum atomic E-state index is 14.2. The third-order valence-corrected chi connectivity index (χ3v) is 9.58. The molecule has 37 heavy (non-hydrogen) atoms. The number of rotatable bonds is 6. The molecule has 6 N–H and O–H groups in total. The SMILES string of the molecule is NC(=O)[C@@H](C[C@H]1CCNC1=O)C1(C(N)=O)C2C3C=CC(C3)C2CN1C(=O)c1cc2c(Cl)cc(Cl)cc2[nH]1. The first-order valence-corrected chi connectivity index (χ1v) is 13.2. The van der Waals surface area contributed by atoms with Gasteiger partial charge in [0.05, 0.1) is 10.9 Å². The van der Waals surface area contributed by atoms with Crippen molar-refractivity contribution in [3.8, 4) is 0 Å². The van der Waals surface area contributed by atoms with E-state index >= 15 is 0 Å². The quantitative estimate of drug-likeness (QED) is 0.412. The van der Waals surface area contributed by atoms with Gasteiger partial charge in [0.2, 0.25) is 17.7 Å². The first kappa shape index (κ1) is 24.3. The lowest BCUT2D eigenvalue weighted by Gasteiger charge is -2.45. The van der Waals surface area contributed by atoms with Gasteiger partial charge in [-0.05, 0) is 55.2 Å². The molecule has 7 atom stereocenters. The van der Waals surface area contributed by atoms with Gasteiger partial charge in [-0.25, -0.2) is 0 Å². The number of hydrogen-bond donors (Lipinski definition) is 4. The number of fused-ring (bicyclic) bond motifs is 6. The van der Waals surface area contributed by atoms with Gasteiger partial charge in [0.25, 0.3) is 5.91 Å². The van der Waals surface area contributed by atoms with Crippen molar-refractivity contribution in [3.05, 3.63) is 46.1 Å². The van der Waals surface area contributed by atoms with E-state index in [9.17, 15) is 19.2 Å². The molecule has 5 unspecified atom stereocenters. The number of aromatic nitrogens is 1. The predicted octanol–water partition coefficient (Wildman–Crippen LogP) is 2.22. The number of benzene rings is 1. The van der Waals surface area contributed by atoms with Gasteiger partial charge in [-0.2, -0.15) is 0 Å². The lowest BCUT2D eigenvalue weighted by Crippen LogP contribution is -2.67. The van der Waals surface area contributed by atoms with Crippen molar-refractivity contribution in [2.75, 3.05) is 13.1 Å². The third kappa shape index (κ3) is 3.43. The van der Waals surface area contributed by atoms with Gasteiger partial charge in [0.15, 0.2) is 0 Å². The average Bonchev–Trinajstić information content (AvgIpc) is 3.63. The number of H-pyrrole nitrogens is 1. The number of nitrogens with zero attached hydrogens (tertiary/aromatic N) is 1. The molecule has 1 saturated carbocycles. The van der Waals surface area contributed by atoms with Crippen LogP contribution in [0.5, 0.6) is 0 Å². The van der Waals surface area contributed by atoms with Crippen molar-refractivity contribution in [2.24, 2.45) is 47.0 Å². The number of amides is 4. The van der Waals surface area contributed by atoms with Crippen LogP contribution >= 0.6 is 23.2 Å². The van der Waals surface area contributed by atoms with Crippen molar-refractivity contribution >= 4 is 57.7 Å². The highest BCUT2D eigenvalue weighted by atomic mass is 35.5. The number of carbonyl (C=O) groups is 4. The second-order valence-corrected chi connectivity index (χ2v) is 11.6. The fraction of sp³-hybridized carbons (Fsp3) is 0.462. The molecule has 3 heterocycles. The minimum Gasteiger partial charge on any atom is -0.369 e. The maximum Gasteiger partial charge on any atom is 0.271 e. The Labute approximate surface area is 222 Å². The van der Waals surface area contributed by atoms with Crippen LogP contribution in [0.2, 0.25) is 10.0 Å². The van der Waals surface area contributed by atoms with Crippen LogP contribution in [0.1, 0.15) is 29.8 Å². The van der Waals surface area contributed by atoms with E-state index in [0.717, 1.165) is 6.42 Å². The monoisotopic (exact) mass is 543 g/mol. The molecular formula is C26H27Cl2N5O4. The summed E-state index contributed by atoms with van der Waals surface area (Å²) in [7, 11) is 0. The Balaban J connectivity index is 1.49. The summed E-state index contributed by atoms with van der Waals surface area (Å²) in [5.74, 6) is -4.04. The standard InChI is InChI=1S/C26H27Cl2N5O4/c27-14-7-18(28)15-9-20(32-19(15)8-14)24(36)33-10-16-11-1-2-12(5-11)21(16)26(33,25(30)37)17(22(29)34)6-13-3-4-31-23(13)35/h1-2,7-9,11-13,16-17,21,32H,3-6,10H2,(H2,29,34)(H2,30,37)(H,31,35)/t11?,12?,13-,16?,17-,21?,26?/m1/s1. The molecule has 3 fully saturated rings. The Morgan fingerprint density at radius 3 is 2.57 bits per heavy atom. The van der Waals surface area contributed by atoms with Crippen molar-refractivity contribution in [2.45, 2.75) is 24.8 Å². The van der Waals surface area contributed by atoms with Crippen molar-refractivity contribution in [1.29, 1.82) is 0 Å². The third-order valence-electron chi connectivity index (χ3n) is 9.05. The van der Waals surface area contributed by atoms with Gasteiger partial charge < -0.3 is 26.7 Å². The Hall–Kier alpha value is -3.04. The lowest BCUT2D eigenvalue weighted by atomic mass is 9.64. The molecule has 194 valence electrons. The van der Waals surface area contributed by atoms with Crippen molar-refractivity contribution < 1.29 is 19.2 Å². The van der Waals surface area contributed by atoms with Crippen molar-refractivity contribution in [1.82, 2.24) is 15.2 Å². The highest BCUT2D eigenvalue weighted by molar-refractivity contribution is 6.38. The topological polar surface area (TPSA) is 151 Å². The Morgan fingerprint density at radius 1 is 1.14 bits per heavy atom. The molecule has 2 saturated heterocycles. The average molecular weight is 544 g/mol. The maximum absolute atomic E-state index is 14.2. The number of aromatic amines is 1. The van der Waals surface area contributed by atoms with E-state index in [1.54, 1.807) is 18.2 Å². The molecule has 1 aromatic heterocycles. The molecule has 1 aromatic carbocycles. The number of nitrogens with one attached hydrogen (secondary N) is 2. The van der Waals surface area contributed by atoms with Crippen LogP contribution in [0.25, 0.3) is 10.9 Å². The van der Waals surface area contributed by atoms with Crippen LogP contribution in [-0.4, -0.2) is 52.1 Å². The van der Waals surface area contributed by atoms with Gasteiger partial charge >= 0.3 is 0 Å². The lowest BCUT2D eigenvalue weighted by molar-refractivity contribution is -0.143. The van der Waals surface area contributed by atoms with E-state index in [4.69, 9.17) is 34.7 Å².